The van der Waals surface area contributed by atoms with Crippen LogP contribution in [0.3, 0.4) is 0 Å². The zero-order valence-electron chi connectivity index (χ0n) is 46.7. The van der Waals surface area contributed by atoms with Crippen molar-refractivity contribution in [3.63, 3.8) is 0 Å². The Bertz CT molecular complexity index is 1570. The molecule has 11 nitrogen and oxygen atoms in total. The summed E-state index contributed by atoms with van der Waals surface area (Å²) >= 11 is 0. The number of esters is 1. The average Bonchev–Trinajstić information content (AvgIpc) is 3.40. The summed E-state index contributed by atoms with van der Waals surface area (Å²) in [5, 5.41) is 56.8. The van der Waals surface area contributed by atoms with Crippen LogP contribution in [0.4, 0.5) is 0 Å². The van der Waals surface area contributed by atoms with Gasteiger partial charge < -0.3 is 45.1 Å². The maximum atomic E-state index is 13.4. The van der Waals surface area contributed by atoms with Gasteiger partial charge in [-0.05, 0) is 70.6 Å². The smallest absolute Gasteiger partial charge is 0.306 e. The molecule has 0 radical (unpaired) electrons. The molecule has 1 saturated heterocycles. The molecule has 8 unspecified atom stereocenters. The molecule has 1 heterocycles. The van der Waals surface area contributed by atoms with E-state index in [-0.39, 0.29) is 19.4 Å². The van der Waals surface area contributed by atoms with E-state index in [4.69, 9.17) is 14.2 Å². The van der Waals surface area contributed by atoms with Crippen molar-refractivity contribution in [2.75, 3.05) is 13.2 Å². The summed E-state index contributed by atoms with van der Waals surface area (Å²) in [5.74, 6) is -1.28. The van der Waals surface area contributed by atoms with Crippen molar-refractivity contribution in [2.45, 2.75) is 275 Å². The zero-order valence-corrected chi connectivity index (χ0v) is 46.7. The minimum atomic E-state index is -1.65. The second-order valence-corrected chi connectivity index (χ2v) is 20.1. The fourth-order valence-electron chi connectivity index (χ4n) is 8.65. The summed E-state index contributed by atoms with van der Waals surface area (Å²) in [5.41, 5.74) is 0. The molecule has 6 N–H and O–H groups in total. The normalized spacial score (nSPS) is 20.0. The molecule has 1 aliphatic heterocycles. The van der Waals surface area contributed by atoms with Crippen molar-refractivity contribution >= 4 is 11.9 Å². The topological polar surface area (TPSA) is 175 Å². The van der Waals surface area contributed by atoms with Gasteiger partial charge in [0.05, 0.1) is 25.4 Å². The number of unbranched alkanes of at least 4 members (excludes halogenated alkanes) is 24. The van der Waals surface area contributed by atoms with Gasteiger partial charge in [0.1, 0.15) is 24.4 Å². The third kappa shape index (κ3) is 38.2. The summed E-state index contributed by atoms with van der Waals surface area (Å²) in [4.78, 5) is 26.4. The number of carbonyl (C=O) groups excluding carboxylic acids is 2. The molecule has 0 aromatic heterocycles. The number of allylic oxidation sites excluding steroid dienone is 15. The van der Waals surface area contributed by atoms with Crippen LogP contribution in [0.25, 0.3) is 0 Å². The Morgan fingerprint density at radius 2 is 1.03 bits per heavy atom. The summed E-state index contributed by atoms with van der Waals surface area (Å²) in [6, 6.07) is -1.04. The Morgan fingerprint density at radius 3 is 1.58 bits per heavy atom. The fraction of sp³-hybridized carbons (Fsp3) is 0.714. The average molecular weight is 1040 g/mol. The van der Waals surface area contributed by atoms with Crippen molar-refractivity contribution in [1.29, 1.82) is 0 Å². The Morgan fingerprint density at radius 1 is 0.554 bits per heavy atom. The Kier molecular flexibility index (Phi) is 46.7. The van der Waals surface area contributed by atoms with Crippen LogP contribution >= 0.6 is 0 Å². The first-order chi connectivity index (χ1) is 36.2. The van der Waals surface area contributed by atoms with E-state index >= 15 is 0 Å². The lowest BCUT2D eigenvalue weighted by atomic mass is 9.99. The molecule has 8 atom stereocenters. The molecular weight excluding hydrogens is 931 g/mol. The van der Waals surface area contributed by atoms with Crippen LogP contribution in [0.15, 0.2) is 97.2 Å². The van der Waals surface area contributed by atoms with Gasteiger partial charge in [0.25, 0.3) is 0 Å². The van der Waals surface area contributed by atoms with E-state index in [0.717, 1.165) is 64.2 Å². The number of nitrogens with one attached hydrogen (secondary N) is 1. The Hall–Kier alpha value is -3.42. The van der Waals surface area contributed by atoms with Gasteiger partial charge in [-0.15, -0.1) is 0 Å². The number of aliphatic hydroxyl groups is 5. The van der Waals surface area contributed by atoms with Crippen LogP contribution in [0.2, 0.25) is 0 Å². The maximum absolute atomic E-state index is 13.4. The van der Waals surface area contributed by atoms with Gasteiger partial charge in [0, 0.05) is 6.42 Å². The highest BCUT2D eigenvalue weighted by Crippen LogP contribution is 2.26. The van der Waals surface area contributed by atoms with E-state index < -0.39 is 67.4 Å². The molecule has 1 fully saturated rings. The molecule has 11 heteroatoms. The van der Waals surface area contributed by atoms with Crippen LogP contribution in [0, 0.1) is 0 Å². The highest BCUT2D eigenvalue weighted by atomic mass is 16.7. The number of hydrogen-bond donors (Lipinski definition) is 6. The van der Waals surface area contributed by atoms with E-state index in [0.29, 0.717) is 19.3 Å². The number of hydrogen-bond acceptors (Lipinski definition) is 10. The van der Waals surface area contributed by atoms with Gasteiger partial charge in [-0.1, -0.05) is 246 Å². The molecule has 0 aromatic rings. The quantitative estimate of drug-likeness (QED) is 0.0149. The predicted octanol–water partition coefficient (Wildman–Crippen LogP) is 13.6. The van der Waals surface area contributed by atoms with E-state index in [1.165, 1.54) is 109 Å². The lowest BCUT2D eigenvalue weighted by molar-refractivity contribution is -0.305. The van der Waals surface area contributed by atoms with E-state index in [1.54, 1.807) is 6.08 Å². The monoisotopic (exact) mass is 1040 g/mol. The molecule has 1 amide bonds. The number of amides is 1. The minimum absolute atomic E-state index is 0.0230. The summed E-state index contributed by atoms with van der Waals surface area (Å²) in [7, 11) is 0. The van der Waals surface area contributed by atoms with Crippen LogP contribution in [0.5, 0.6) is 0 Å². The van der Waals surface area contributed by atoms with E-state index in [1.807, 2.05) is 60.8 Å². The van der Waals surface area contributed by atoms with E-state index in [9.17, 15) is 35.1 Å². The predicted molar refractivity (Wildman–Crippen MR) is 305 cm³/mol. The second kappa shape index (κ2) is 50.4. The van der Waals surface area contributed by atoms with Gasteiger partial charge in [-0.2, -0.15) is 0 Å². The van der Waals surface area contributed by atoms with Gasteiger partial charge in [-0.25, -0.2) is 0 Å². The highest BCUT2D eigenvalue weighted by Gasteiger charge is 2.47. The molecular formula is C63H107NO10. The summed E-state index contributed by atoms with van der Waals surface area (Å²) in [6.45, 7) is 5.56. The third-order valence-corrected chi connectivity index (χ3v) is 13.3. The second-order valence-electron chi connectivity index (χ2n) is 20.1. The minimum Gasteiger partial charge on any atom is -0.454 e. The first-order valence-corrected chi connectivity index (χ1v) is 29.6. The van der Waals surface area contributed by atoms with Crippen molar-refractivity contribution in [1.82, 2.24) is 5.32 Å². The van der Waals surface area contributed by atoms with Crippen LogP contribution in [-0.4, -0.2) is 99.6 Å². The maximum Gasteiger partial charge on any atom is 0.306 e. The molecule has 0 aliphatic carbocycles. The van der Waals surface area contributed by atoms with Gasteiger partial charge in [-0.3, -0.25) is 9.59 Å². The summed E-state index contributed by atoms with van der Waals surface area (Å²) in [6.07, 6.45) is 56.0. The van der Waals surface area contributed by atoms with Crippen LogP contribution < -0.4 is 5.32 Å². The fourth-order valence-corrected chi connectivity index (χ4v) is 8.65. The zero-order chi connectivity index (χ0) is 54.0. The van der Waals surface area contributed by atoms with Crippen molar-refractivity contribution in [2.24, 2.45) is 0 Å². The number of carbonyl (C=O) groups is 2. The molecule has 1 rings (SSSR count). The number of ether oxygens (including phenoxy) is 3. The molecule has 0 spiro atoms. The van der Waals surface area contributed by atoms with Crippen molar-refractivity contribution in [3.05, 3.63) is 97.2 Å². The lowest BCUT2D eigenvalue weighted by Crippen LogP contribution is -2.61. The Labute approximate surface area is 450 Å². The first-order valence-electron chi connectivity index (χ1n) is 29.6. The highest BCUT2D eigenvalue weighted by molar-refractivity contribution is 5.80. The van der Waals surface area contributed by atoms with Crippen LogP contribution in [0.1, 0.15) is 226 Å². The van der Waals surface area contributed by atoms with E-state index in [2.05, 4.69) is 56.5 Å². The standard InChI is InChI=1S/C63H107NO10/c1-4-7-10-13-16-19-22-25-26-27-28-29-30-31-33-35-38-41-44-47-50-56(67)62(71)64-54(55(66)49-46-43-40-37-34-24-21-18-15-12-9-6-3)53-72-63-61(60(70)59(69)57(52-65)73-63)74-58(68)51-48-45-42-39-36-32-23-20-17-14-11-8-5-2/h8,11,14,16-17,19-20,23,25-26,32,36,39,42,46,49,54-57,59-61,63,65-67,69-70H,4-7,9-10,12-13,15,18,21-22,24,27-31,33-35,37-38,40-41,43-45,47-48,50-53H2,1-3H3,(H,64,71)/b11-8+,17-14+,19-16-,23-20-,26-25-,36-32-,42-39+,49-46+. The van der Waals surface area contributed by atoms with Crippen LogP contribution in [-0.2, 0) is 23.8 Å². The largest absolute Gasteiger partial charge is 0.454 e. The first kappa shape index (κ1) is 68.6. The number of rotatable bonds is 48. The van der Waals surface area contributed by atoms with Gasteiger partial charge >= 0.3 is 5.97 Å². The molecule has 424 valence electrons. The lowest BCUT2D eigenvalue weighted by Gasteiger charge is -2.41. The van der Waals surface area contributed by atoms with Crippen molar-refractivity contribution < 1.29 is 49.3 Å². The summed E-state index contributed by atoms with van der Waals surface area (Å²) < 4.78 is 17.5. The number of aliphatic hydroxyl groups excluding tert-OH is 5. The molecule has 74 heavy (non-hydrogen) atoms. The SMILES string of the molecule is CC/C=C/C=C/C=C\C=C/C=C/CCCC(=O)OC1C(OCC(NC(=O)C(O)CCCCCCCCCCCC/C=C\C/C=C\CCCCC)C(O)/C=C/CCCCCCCCCCCC)OC(CO)C(O)C1O. The van der Waals surface area contributed by atoms with Crippen molar-refractivity contribution in [3.8, 4) is 0 Å². The molecule has 1 aliphatic rings. The Balaban J connectivity index is 2.73. The molecule has 0 aromatic carbocycles. The third-order valence-electron chi connectivity index (χ3n) is 13.3. The molecule has 0 bridgehead atoms. The molecule has 0 saturated carbocycles. The van der Waals surface area contributed by atoms with Gasteiger partial charge in [0.2, 0.25) is 5.91 Å². The van der Waals surface area contributed by atoms with Gasteiger partial charge in [0.15, 0.2) is 12.4 Å².